The van der Waals surface area contributed by atoms with Gasteiger partial charge in [-0.2, -0.15) is 0 Å². The van der Waals surface area contributed by atoms with Crippen molar-refractivity contribution in [2.45, 2.75) is 66.4 Å². The summed E-state index contributed by atoms with van der Waals surface area (Å²) in [4.78, 5) is 41.7. The van der Waals surface area contributed by atoms with E-state index in [0.29, 0.717) is 5.56 Å². The molecule has 4 unspecified atom stereocenters. The number of carbonyl (C=O) groups is 3. The summed E-state index contributed by atoms with van der Waals surface area (Å²) in [6.07, 6.45) is -0.316. The maximum atomic E-state index is 13.3. The Balaban J connectivity index is 2.55. The van der Waals surface area contributed by atoms with Crippen LogP contribution in [0.2, 0.25) is 0 Å². The molecule has 2 rings (SSSR count). The van der Waals surface area contributed by atoms with Gasteiger partial charge in [0.25, 0.3) is 0 Å². The van der Waals surface area contributed by atoms with Gasteiger partial charge in [-0.15, -0.1) is 0 Å². The molecule has 1 aromatic carbocycles. The van der Waals surface area contributed by atoms with Gasteiger partial charge in [0.05, 0.1) is 24.7 Å². The first-order valence-electron chi connectivity index (χ1n) is 12.4. The summed E-state index contributed by atoms with van der Waals surface area (Å²) in [5.74, 6) is -4.64. The molecule has 4 atom stereocenters. The number of anilines is 1. The van der Waals surface area contributed by atoms with Crippen molar-refractivity contribution in [3.63, 3.8) is 0 Å². The zero-order valence-corrected chi connectivity index (χ0v) is 21.7. The van der Waals surface area contributed by atoms with Crippen LogP contribution >= 0.6 is 0 Å². The molecule has 1 aromatic rings. The first-order chi connectivity index (χ1) is 15.9. The Morgan fingerprint density at radius 1 is 1.00 bits per heavy atom. The Kier molecular flexibility index (Phi) is 9.68. The SMILES string of the molecule is CCN(CC)c1ccc(C2C(C(=O)OCC(C)C)C(=O)CC(C)(O)C2C(=O)OCC(C)C)cc1. The van der Waals surface area contributed by atoms with Crippen molar-refractivity contribution in [1.82, 2.24) is 0 Å². The van der Waals surface area contributed by atoms with E-state index in [1.54, 1.807) is 0 Å². The molecule has 0 bridgehead atoms. The van der Waals surface area contributed by atoms with Crippen LogP contribution in [0.4, 0.5) is 5.69 Å². The monoisotopic (exact) mass is 475 g/mol. The molecule has 7 heteroatoms. The maximum absolute atomic E-state index is 13.3. The number of rotatable bonds is 10. The van der Waals surface area contributed by atoms with Gasteiger partial charge in [0.1, 0.15) is 5.92 Å². The molecular formula is C27H41NO6. The standard InChI is InChI=1S/C27H41NO6/c1-8-28(9-2)20-12-10-19(11-13-20)22-23(25(30)33-15-17(3)4)21(29)14-27(7,32)24(22)26(31)34-16-18(5)6/h10-13,17-18,22-24,32H,8-9,14-16H2,1-7H3. The van der Waals surface area contributed by atoms with Crippen molar-refractivity contribution in [2.24, 2.45) is 23.7 Å². The minimum Gasteiger partial charge on any atom is -0.465 e. The third-order valence-corrected chi connectivity index (χ3v) is 6.30. The van der Waals surface area contributed by atoms with Crippen molar-refractivity contribution in [1.29, 1.82) is 0 Å². The number of benzene rings is 1. The van der Waals surface area contributed by atoms with Gasteiger partial charge in [0.2, 0.25) is 0 Å². The lowest BCUT2D eigenvalue weighted by atomic mass is 9.61. The van der Waals surface area contributed by atoms with E-state index in [0.717, 1.165) is 18.8 Å². The highest BCUT2D eigenvalue weighted by Crippen LogP contribution is 2.47. The van der Waals surface area contributed by atoms with Crippen LogP contribution in [0.15, 0.2) is 24.3 Å². The van der Waals surface area contributed by atoms with Gasteiger partial charge in [0.15, 0.2) is 5.78 Å². The molecule has 0 spiro atoms. The predicted molar refractivity (Wildman–Crippen MR) is 132 cm³/mol. The van der Waals surface area contributed by atoms with Gasteiger partial charge in [-0.3, -0.25) is 14.4 Å². The summed E-state index contributed by atoms with van der Waals surface area (Å²) in [7, 11) is 0. The van der Waals surface area contributed by atoms with E-state index in [9.17, 15) is 19.5 Å². The van der Waals surface area contributed by atoms with Crippen LogP contribution in [0.1, 0.15) is 66.4 Å². The topological polar surface area (TPSA) is 93.1 Å². The first-order valence-corrected chi connectivity index (χ1v) is 12.4. The highest BCUT2D eigenvalue weighted by Gasteiger charge is 2.57. The van der Waals surface area contributed by atoms with Crippen LogP contribution in [-0.2, 0) is 23.9 Å². The van der Waals surface area contributed by atoms with Gasteiger partial charge in [-0.25, -0.2) is 0 Å². The van der Waals surface area contributed by atoms with E-state index >= 15 is 0 Å². The second-order valence-electron chi connectivity index (χ2n) is 10.3. The summed E-state index contributed by atoms with van der Waals surface area (Å²) >= 11 is 0. The van der Waals surface area contributed by atoms with Crippen LogP contribution in [0.5, 0.6) is 0 Å². The number of esters is 2. The van der Waals surface area contributed by atoms with E-state index in [4.69, 9.17) is 9.47 Å². The second kappa shape index (κ2) is 11.8. The summed E-state index contributed by atoms with van der Waals surface area (Å²) in [6, 6.07) is 7.50. The smallest absolute Gasteiger partial charge is 0.317 e. The molecule has 1 saturated carbocycles. The quantitative estimate of drug-likeness (QED) is 0.404. The van der Waals surface area contributed by atoms with Crippen molar-refractivity contribution >= 4 is 23.4 Å². The summed E-state index contributed by atoms with van der Waals surface area (Å²) < 4.78 is 11.0. The Hall–Kier alpha value is -2.41. The van der Waals surface area contributed by atoms with Crippen LogP contribution < -0.4 is 4.90 Å². The Morgan fingerprint density at radius 2 is 1.50 bits per heavy atom. The number of hydrogen-bond donors (Lipinski definition) is 1. The second-order valence-corrected chi connectivity index (χ2v) is 10.3. The van der Waals surface area contributed by atoms with E-state index in [1.165, 1.54) is 6.92 Å². The molecule has 0 amide bonds. The van der Waals surface area contributed by atoms with Crippen LogP contribution in [0.25, 0.3) is 0 Å². The lowest BCUT2D eigenvalue weighted by Crippen LogP contribution is -2.55. The zero-order valence-electron chi connectivity index (χ0n) is 21.7. The number of ketones is 1. The van der Waals surface area contributed by atoms with Gasteiger partial charge < -0.3 is 19.5 Å². The van der Waals surface area contributed by atoms with Gasteiger partial charge in [0, 0.05) is 31.1 Å². The molecule has 1 N–H and O–H groups in total. The van der Waals surface area contributed by atoms with E-state index < -0.39 is 41.1 Å². The summed E-state index contributed by atoms with van der Waals surface area (Å²) in [5.41, 5.74) is -0.0231. The number of hydrogen-bond acceptors (Lipinski definition) is 7. The average Bonchev–Trinajstić information content (AvgIpc) is 2.76. The number of nitrogens with zero attached hydrogens (tertiary/aromatic N) is 1. The molecule has 7 nitrogen and oxygen atoms in total. The van der Waals surface area contributed by atoms with Gasteiger partial charge in [-0.05, 0) is 50.3 Å². The molecule has 0 saturated heterocycles. The molecule has 0 aliphatic heterocycles. The number of ether oxygens (including phenoxy) is 2. The van der Waals surface area contributed by atoms with Crippen LogP contribution in [0.3, 0.4) is 0 Å². The largest absolute Gasteiger partial charge is 0.465 e. The fraction of sp³-hybridized carbons (Fsp3) is 0.667. The molecule has 0 heterocycles. The molecule has 1 fully saturated rings. The minimum absolute atomic E-state index is 0.101. The Bertz CT molecular complexity index is 841. The molecule has 1 aliphatic rings. The maximum Gasteiger partial charge on any atom is 0.317 e. The summed E-state index contributed by atoms with van der Waals surface area (Å²) in [6.45, 7) is 15.3. The van der Waals surface area contributed by atoms with Gasteiger partial charge >= 0.3 is 11.9 Å². The lowest BCUT2D eigenvalue weighted by molar-refractivity contribution is -0.173. The molecule has 190 valence electrons. The summed E-state index contributed by atoms with van der Waals surface area (Å²) in [5, 5.41) is 11.2. The average molecular weight is 476 g/mol. The highest BCUT2D eigenvalue weighted by atomic mass is 16.5. The van der Waals surface area contributed by atoms with Crippen molar-refractivity contribution < 1.29 is 29.0 Å². The van der Waals surface area contributed by atoms with Crippen LogP contribution in [-0.4, -0.2) is 54.7 Å². The first kappa shape index (κ1) is 27.8. The van der Waals surface area contributed by atoms with E-state index in [2.05, 4.69) is 18.7 Å². The fourth-order valence-electron chi connectivity index (χ4n) is 4.59. The minimum atomic E-state index is -1.65. The number of carbonyl (C=O) groups excluding carboxylic acids is 3. The zero-order chi connectivity index (χ0) is 25.6. The Labute approximate surface area is 203 Å². The lowest BCUT2D eigenvalue weighted by Gasteiger charge is -2.43. The molecule has 1 aliphatic carbocycles. The third kappa shape index (κ3) is 6.59. The number of aliphatic hydroxyl groups is 1. The van der Waals surface area contributed by atoms with Crippen LogP contribution in [0, 0.1) is 23.7 Å². The van der Waals surface area contributed by atoms with E-state index in [-0.39, 0.29) is 31.5 Å². The predicted octanol–water partition coefficient (Wildman–Crippen LogP) is 3.97. The molecular weight excluding hydrogens is 434 g/mol. The van der Waals surface area contributed by atoms with Crippen molar-refractivity contribution in [3.05, 3.63) is 29.8 Å². The number of Topliss-reactive ketones (excluding diaryl/α,β-unsaturated/α-hetero) is 1. The normalized spacial score (nSPS) is 24.9. The molecule has 0 radical (unpaired) electrons. The molecule has 0 aromatic heterocycles. The molecule has 34 heavy (non-hydrogen) atoms. The van der Waals surface area contributed by atoms with Crippen molar-refractivity contribution in [2.75, 3.05) is 31.2 Å². The fourth-order valence-corrected chi connectivity index (χ4v) is 4.59. The third-order valence-electron chi connectivity index (χ3n) is 6.30. The Morgan fingerprint density at radius 3 is 1.97 bits per heavy atom. The van der Waals surface area contributed by atoms with Gasteiger partial charge in [-0.1, -0.05) is 39.8 Å². The van der Waals surface area contributed by atoms with Crippen molar-refractivity contribution in [3.8, 4) is 0 Å². The highest BCUT2D eigenvalue weighted by molar-refractivity contribution is 6.02. The van der Waals surface area contributed by atoms with E-state index in [1.807, 2.05) is 52.0 Å².